The van der Waals surface area contributed by atoms with Gasteiger partial charge in [-0.25, -0.2) is 0 Å². The minimum atomic E-state index is -0.280. The molecule has 2 N–H and O–H groups in total. The van der Waals surface area contributed by atoms with Crippen LogP contribution >= 0.6 is 0 Å². The van der Waals surface area contributed by atoms with Crippen molar-refractivity contribution in [1.82, 2.24) is 15.5 Å². The van der Waals surface area contributed by atoms with E-state index in [2.05, 4.69) is 20.8 Å². The number of hydrogen-bond acceptors (Lipinski definition) is 5. The molecule has 2 aromatic rings. The second-order valence-electron chi connectivity index (χ2n) is 4.19. The molecule has 1 aromatic carbocycles. The third-order valence-corrected chi connectivity index (χ3v) is 2.77. The Bertz CT molecular complexity index is 580. The average molecular weight is 260 g/mol. The zero-order chi connectivity index (χ0) is 13.8. The molecular weight excluding hydrogens is 244 g/mol. The van der Waals surface area contributed by atoms with Crippen LogP contribution in [0.1, 0.15) is 12.7 Å². The number of carbonyl (C=O) groups excluding carboxylic acids is 1. The van der Waals surface area contributed by atoms with Crippen molar-refractivity contribution in [2.24, 2.45) is 0 Å². The Kier molecular flexibility index (Phi) is 3.91. The molecule has 0 radical (unpaired) electrons. The molecule has 0 spiro atoms. The summed E-state index contributed by atoms with van der Waals surface area (Å²) in [7, 11) is 1.73. The Labute approximate surface area is 111 Å². The predicted octanol–water partition coefficient (Wildman–Crippen LogP) is 1.59. The van der Waals surface area contributed by atoms with Gasteiger partial charge in [0.15, 0.2) is 5.82 Å². The summed E-state index contributed by atoms with van der Waals surface area (Å²) in [6.45, 7) is 3.53. The molecule has 0 aliphatic carbocycles. The van der Waals surface area contributed by atoms with E-state index in [1.807, 2.05) is 18.2 Å². The smallest absolute Gasteiger partial charge is 0.260 e. The van der Waals surface area contributed by atoms with E-state index in [1.165, 1.54) is 0 Å². The first-order valence-corrected chi connectivity index (χ1v) is 5.99. The van der Waals surface area contributed by atoms with Gasteiger partial charge in [0.2, 0.25) is 5.91 Å². The van der Waals surface area contributed by atoms with Crippen molar-refractivity contribution >= 4 is 11.6 Å². The van der Waals surface area contributed by atoms with Crippen LogP contribution in [0.25, 0.3) is 11.5 Å². The van der Waals surface area contributed by atoms with Crippen LogP contribution < -0.4 is 10.6 Å². The zero-order valence-electron chi connectivity index (χ0n) is 11.1. The molecule has 0 fully saturated rings. The van der Waals surface area contributed by atoms with Gasteiger partial charge in [-0.2, -0.15) is 4.98 Å². The molecule has 0 aliphatic rings. The quantitative estimate of drug-likeness (QED) is 0.872. The molecule has 0 aliphatic heterocycles. The van der Waals surface area contributed by atoms with Gasteiger partial charge in [0, 0.05) is 0 Å². The fraction of sp³-hybridized carbons (Fsp3) is 0.308. The number of rotatable bonds is 4. The second-order valence-corrected chi connectivity index (χ2v) is 4.19. The highest BCUT2D eigenvalue weighted by molar-refractivity contribution is 5.97. The first-order valence-electron chi connectivity index (χ1n) is 5.99. The number of hydrogen-bond donors (Lipinski definition) is 2. The molecule has 0 saturated heterocycles. The number of nitrogens with zero attached hydrogens (tertiary/aromatic N) is 2. The molecule has 1 atom stereocenters. The zero-order valence-corrected chi connectivity index (χ0v) is 11.1. The first-order chi connectivity index (χ1) is 9.11. The van der Waals surface area contributed by atoms with Crippen LogP contribution in [0.2, 0.25) is 0 Å². The van der Waals surface area contributed by atoms with Gasteiger partial charge in [-0.05, 0) is 33.0 Å². The summed E-state index contributed by atoms with van der Waals surface area (Å²) in [4.78, 5) is 16.1. The van der Waals surface area contributed by atoms with Crippen LogP contribution in [-0.2, 0) is 4.79 Å². The minimum Gasteiger partial charge on any atom is -0.334 e. The number of anilines is 1. The van der Waals surface area contributed by atoms with Crippen molar-refractivity contribution in [1.29, 1.82) is 0 Å². The number of aromatic nitrogens is 2. The van der Waals surface area contributed by atoms with E-state index >= 15 is 0 Å². The second kappa shape index (κ2) is 5.62. The number of para-hydroxylation sites is 1. The van der Waals surface area contributed by atoms with Crippen molar-refractivity contribution in [3.05, 3.63) is 30.1 Å². The number of amides is 1. The first kappa shape index (κ1) is 13.2. The number of carbonyl (C=O) groups is 1. The fourth-order valence-corrected chi connectivity index (χ4v) is 1.56. The highest BCUT2D eigenvalue weighted by Crippen LogP contribution is 2.26. The number of aryl methyl sites for hydroxylation is 1. The lowest BCUT2D eigenvalue weighted by Crippen LogP contribution is -2.35. The largest absolute Gasteiger partial charge is 0.334 e. The highest BCUT2D eigenvalue weighted by Gasteiger charge is 2.15. The number of likely N-dealkylation sites (N-methyl/N-ethyl adjacent to an activating group) is 1. The summed E-state index contributed by atoms with van der Waals surface area (Å²) in [5.41, 5.74) is 1.36. The molecule has 0 saturated carbocycles. The molecule has 2 rings (SSSR count). The summed E-state index contributed by atoms with van der Waals surface area (Å²) in [6.07, 6.45) is 0. The van der Waals surface area contributed by atoms with E-state index < -0.39 is 0 Å². The lowest BCUT2D eigenvalue weighted by atomic mass is 10.1. The normalized spacial score (nSPS) is 12.2. The van der Waals surface area contributed by atoms with Crippen LogP contribution in [0.5, 0.6) is 0 Å². The Morgan fingerprint density at radius 2 is 2.11 bits per heavy atom. The number of benzene rings is 1. The molecule has 1 aromatic heterocycles. The number of nitrogens with one attached hydrogen (secondary N) is 2. The Balaban J connectivity index is 2.29. The molecule has 6 heteroatoms. The molecule has 1 heterocycles. The lowest BCUT2D eigenvalue weighted by molar-refractivity contribution is -0.117. The average Bonchev–Trinajstić information content (AvgIpc) is 2.85. The van der Waals surface area contributed by atoms with Crippen molar-refractivity contribution in [3.63, 3.8) is 0 Å². The van der Waals surface area contributed by atoms with Gasteiger partial charge in [-0.1, -0.05) is 17.3 Å². The lowest BCUT2D eigenvalue weighted by Gasteiger charge is -2.12. The minimum absolute atomic E-state index is 0.119. The molecule has 6 nitrogen and oxygen atoms in total. The predicted molar refractivity (Wildman–Crippen MR) is 71.6 cm³/mol. The van der Waals surface area contributed by atoms with Gasteiger partial charge in [0.25, 0.3) is 5.89 Å². The van der Waals surface area contributed by atoms with Crippen molar-refractivity contribution in [2.45, 2.75) is 19.9 Å². The van der Waals surface area contributed by atoms with Gasteiger partial charge in [0.05, 0.1) is 17.3 Å². The van der Waals surface area contributed by atoms with Crippen LogP contribution in [0.4, 0.5) is 5.69 Å². The Morgan fingerprint density at radius 1 is 1.37 bits per heavy atom. The molecule has 0 bridgehead atoms. The van der Waals surface area contributed by atoms with Crippen molar-refractivity contribution < 1.29 is 9.32 Å². The standard InChI is InChI=1S/C13H16N4O2/c1-8(14-3)12(18)16-11-7-5-4-6-10(11)13-15-9(2)17-19-13/h4-8,14H,1-3H3,(H,16,18). The van der Waals surface area contributed by atoms with E-state index in [1.54, 1.807) is 27.0 Å². The molecule has 100 valence electrons. The van der Waals surface area contributed by atoms with E-state index in [4.69, 9.17) is 4.52 Å². The summed E-state index contributed by atoms with van der Waals surface area (Å²) in [5, 5.41) is 9.48. The summed E-state index contributed by atoms with van der Waals surface area (Å²) >= 11 is 0. The maximum Gasteiger partial charge on any atom is 0.260 e. The maximum absolute atomic E-state index is 11.9. The molecular formula is C13H16N4O2. The van der Waals surface area contributed by atoms with E-state index in [9.17, 15) is 4.79 Å². The van der Waals surface area contributed by atoms with Crippen LogP contribution in [0, 0.1) is 6.92 Å². The van der Waals surface area contributed by atoms with Crippen LogP contribution in [0.3, 0.4) is 0 Å². The van der Waals surface area contributed by atoms with E-state index in [0.29, 0.717) is 23.0 Å². The van der Waals surface area contributed by atoms with E-state index in [0.717, 1.165) is 0 Å². The summed E-state index contributed by atoms with van der Waals surface area (Å²) in [5.74, 6) is 0.830. The van der Waals surface area contributed by atoms with Gasteiger partial charge in [-0.3, -0.25) is 4.79 Å². The highest BCUT2D eigenvalue weighted by atomic mass is 16.5. The van der Waals surface area contributed by atoms with Crippen LogP contribution in [0.15, 0.2) is 28.8 Å². The monoisotopic (exact) mass is 260 g/mol. The molecule has 1 amide bonds. The maximum atomic E-state index is 11.9. The summed E-state index contributed by atoms with van der Waals surface area (Å²) < 4.78 is 5.13. The van der Waals surface area contributed by atoms with Gasteiger partial charge >= 0.3 is 0 Å². The topological polar surface area (TPSA) is 80.0 Å². The SMILES string of the molecule is CNC(C)C(=O)Nc1ccccc1-c1nc(C)no1. The van der Waals surface area contributed by atoms with Gasteiger partial charge in [-0.15, -0.1) is 0 Å². The van der Waals surface area contributed by atoms with E-state index in [-0.39, 0.29) is 11.9 Å². The molecule has 19 heavy (non-hydrogen) atoms. The van der Waals surface area contributed by atoms with Gasteiger partial charge in [0.1, 0.15) is 0 Å². The third kappa shape index (κ3) is 2.97. The Morgan fingerprint density at radius 3 is 2.74 bits per heavy atom. The van der Waals surface area contributed by atoms with Crippen molar-refractivity contribution in [2.75, 3.05) is 12.4 Å². The Hall–Kier alpha value is -2.21. The van der Waals surface area contributed by atoms with Crippen molar-refractivity contribution in [3.8, 4) is 11.5 Å². The van der Waals surface area contributed by atoms with Gasteiger partial charge < -0.3 is 15.2 Å². The summed E-state index contributed by atoms with van der Waals surface area (Å²) in [6, 6.07) is 7.04. The third-order valence-electron chi connectivity index (χ3n) is 2.77. The molecule has 1 unspecified atom stereocenters. The fourth-order valence-electron chi connectivity index (χ4n) is 1.56. The van der Waals surface area contributed by atoms with Crippen LogP contribution in [-0.4, -0.2) is 29.1 Å².